The second-order valence-electron chi connectivity index (χ2n) is 13.9. The summed E-state index contributed by atoms with van der Waals surface area (Å²) in [7, 11) is 0. The highest BCUT2D eigenvalue weighted by Crippen LogP contribution is 2.30. The van der Waals surface area contributed by atoms with Crippen molar-refractivity contribution in [3.05, 3.63) is 119 Å². The molecule has 0 saturated carbocycles. The Morgan fingerprint density at radius 3 is 1.76 bits per heavy atom. The lowest BCUT2D eigenvalue weighted by atomic mass is 9.92. The molecule has 4 aromatic rings. The Morgan fingerprint density at radius 1 is 0.722 bits per heavy atom. The van der Waals surface area contributed by atoms with Crippen molar-refractivity contribution in [1.82, 2.24) is 30.3 Å². The van der Waals surface area contributed by atoms with Gasteiger partial charge in [0, 0.05) is 36.3 Å². The number of hydrogen-bond acceptors (Lipinski definition) is 10. The summed E-state index contributed by atoms with van der Waals surface area (Å²) in [6.45, 7) is 7.19. The average molecular weight is 810 g/mol. The fraction of sp³-hybridized carbons (Fsp3) is 0.425. The van der Waals surface area contributed by atoms with E-state index in [9.17, 15) is 18.7 Å². The highest BCUT2D eigenvalue weighted by Gasteiger charge is 2.33. The number of aromatic hydroxyl groups is 2. The predicted molar refractivity (Wildman–Crippen MR) is 202 cm³/mol. The van der Waals surface area contributed by atoms with Crippen molar-refractivity contribution in [3.8, 4) is 11.5 Å². The molecule has 2 aromatic heterocycles. The molecule has 0 bridgehead atoms. The van der Waals surface area contributed by atoms with Crippen LogP contribution in [0.15, 0.2) is 85.2 Å². The first kappa shape index (κ1) is 39.6. The van der Waals surface area contributed by atoms with Crippen LogP contribution in [0.5, 0.6) is 11.5 Å². The number of carbonyl (C=O) groups excluding carboxylic acids is 1. The van der Waals surface area contributed by atoms with E-state index in [0.717, 1.165) is 80.9 Å². The molecule has 288 valence electrons. The Balaban J connectivity index is 0.000000151. The van der Waals surface area contributed by atoms with Gasteiger partial charge in [-0.3, -0.25) is 29.3 Å². The fourth-order valence-corrected chi connectivity index (χ4v) is 7.28. The van der Waals surface area contributed by atoms with Gasteiger partial charge in [0.05, 0.1) is 38.2 Å². The van der Waals surface area contributed by atoms with E-state index in [0.29, 0.717) is 44.2 Å². The van der Waals surface area contributed by atoms with Crippen LogP contribution in [0.2, 0.25) is 0 Å². The van der Waals surface area contributed by atoms with Crippen molar-refractivity contribution >= 4 is 21.8 Å². The number of hydrogen-bond donors (Lipinski definition) is 3. The standard InChI is InChI=1S/C20H24FN3O2.C10H9BrFNO2.C10H14N2O/c21-17-3-1-15(2-4-17)12-24-13-18(14-26-24)23-9-7-16(8-10-23)20-6-5-19(25)11-22-20;11-9-6-15-13(10(9)14)5-7-1-3-8(12)4-2-7;13-9-1-2-10(12-7-9)8-3-5-11-6-4-8/h1-6,11,16,18,25H,7-10,12-14H2;1-4,9H,5-6H2;1-2,7-8,11,13H,3-6H2. The van der Waals surface area contributed by atoms with E-state index in [2.05, 4.69) is 36.1 Å². The molecule has 11 nitrogen and oxygen atoms in total. The van der Waals surface area contributed by atoms with Crippen LogP contribution in [0.25, 0.3) is 0 Å². The molecule has 6 heterocycles. The molecule has 14 heteroatoms. The summed E-state index contributed by atoms with van der Waals surface area (Å²) in [6.07, 6.45) is 7.51. The lowest BCUT2D eigenvalue weighted by Crippen LogP contribution is -2.43. The van der Waals surface area contributed by atoms with E-state index >= 15 is 0 Å². The van der Waals surface area contributed by atoms with E-state index in [1.807, 2.05) is 29.3 Å². The van der Waals surface area contributed by atoms with Crippen LogP contribution in [-0.4, -0.2) is 97.9 Å². The van der Waals surface area contributed by atoms with Gasteiger partial charge in [0.2, 0.25) is 0 Å². The average Bonchev–Trinajstić information content (AvgIpc) is 3.80. The molecular weight excluding hydrogens is 762 g/mol. The number of halogens is 3. The molecule has 54 heavy (non-hydrogen) atoms. The summed E-state index contributed by atoms with van der Waals surface area (Å²) in [5.41, 5.74) is 4.08. The van der Waals surface area contributed by atoms with Crippen molar-refractivity contribution in [2.75, 3.05) is 45.9 Å². The second-order valence-corrected chi connectivity index (χ2v) is 15.0. The zero-order valence-corrected chi connectivity index (χ0v) is 31.7. The summed E-state index contributed by atoms with van der Waals surface area (Å²) in [5, 5.41) is 25.0. The third-order valence-corrected chi connectivity index (χ3v) is 10.7. The Bertz CT molecular complexity index is 1740. The largest absolute Gasteiger partial charge is 0.506 e. The normalized spacial score (nSPS) is 21.3. The summed E-state index contributed by atoms with van der Waals surface area (Å²) in [6, 6.07) is 20.3. The molecule has 4 aliphatic rings. The molecule has 4 saturated heterocycles. The van der Waals surface area contributed by atoms with Gasteiger partial charge >= 0.3 is 0 Å². The van der Waals surface area contributed by atoms with Crippen LogP contribution in [0, 0.1) is 11.6 Å². The summed E-state index contributed by atoms with van der Waals surface area (Å²) >= 11 is 3.19. The Labute approximate surface area is 323 Å². The molecule has 8 rings (SSSR count). The number of amides is 1. The van der Waals surface area contributed by atoms with Gasteiger partial charge in [0.25, 0.3) is 5.91 Å². The molecule has 0 spiro atoms. The zero-order valence-electron chi connectivity index (χ0n) is 30.1. The maximum Gasteiger partial charge on any atom is 0.262 e. The number of aromatic nitrogens is 2. The third kappa shape index (κ3) is 11.5. The molecule has 2 atom stereocenters. The van der Waals surface area contributed by atoms with E-state index in [1.165, 1.54) is 41.7 Å². The quantitative estimate of drug-likeness (QED) is 0.191. The van der Waals surface area contributed by atoms with E-state index in [-0.39, 0.29) is 33.9 Å². The SMILES string of the molecule is O=C1C(Br)CON1Cc1ccc(F)cc1.Oc1ccc(C2CCN(C3CON(Cc4ccc(F)cc4)C3)CC2)nc1.Oc1ccc(C2CCNCC2)nc1. The van der Waals surface area contributed by atoms with Gasteiger partial charge in [-0.05, 0) is 112 Å². The second kappa shape index (κ2) is 19.5. The molecule has 2 aromatic carbocycles. The Kier molecular flexibility index (Phi) is 14.3. The van der Waals surface area contributed by atoms with Gasteiger partial charge in [-0.15, -0.1) is 0 Å². The number of nitrogens with zero attached hydrogens (tertiary/aromatic N) is 5. The van der Waals surface area contributed by atoms with Gasteiger partial charge in [0.15, 0.2) is 0 Å². The number of carbonyl (C=O) groups is 1. The van der Waals surface area contributed by atoms with Crippen LogP contribution in [0.4, 0.5) is 8.78 Å². The smallest absolute Gasteiger partial charge is 0.262 e. The van der Waals surface area contributed by atoms with Gasteiger partial charge < -0.3 is 15.5 Å². The van der Waals surface area contributed by atoms with Crippen LogP contribution >= 0.6 is 15.9 Å². The Hall–Kier alpha value is -4.05. The van der Waals surface area contributed by atoms with Gasteiger partial charge in [-0.1, -0.05) is 40.2 Å². The maximum atomic E-state index is 13.0. The number of pyridine rings is 2. The first-order valence-electron chi connectivity index (χ1n) is 18.4. The predicted octanol–water partition coefficient (Wildman–Crippen LogP) is 6.04. The van der Waals surface area contributed by atoms with Crippen molar-refractivity contribution in [2.45, 2.75) is 61.5 Å². The van der Waals surface area contributed by atoms with Gasteiger partial charge in [-0.2, -0.15) is 5.06 Å². The first-order chi connectivity index (χ1) is 26.2. The topological polar surface area (TPSA) is 124 Å². The fourth-order valence-electron chi connectivity index (χ4n) is 6.94. The first-order valence-corrected chi connectivity index (χ1v) is 19.3. The number of nitrogens with one attached hydrogen (secondary N) is 1. The highest BCUT2D eigenvalue weighted by atomic mass is 79.9. The van der Waals surface area contributed by atoms with Crippen molar-refractivity contribution in [2.24, 2.45) is 0 Å². The number of rotatable bonds is 7. The molecule has 3 N–H and O–H groups in total. The molecule has 2 unspecified atom stereocenters. The van der Waals surface area contributed by atoms with E-state index in [4.69, 9.17) is 14.8 Å². The van der Waals surface area contributed by atoms with Crippen LogP contribution in [0.3, 0.4) is 0 Å². The number of alkyl halides is 1. The number of benzene rings is 2. The van der Waals surface area contributed by atoms with Crippen LogP contribution < -0.4 is 5.32 Å². The molecule has 4 fully saturated rings. The van der Waals surface area contributed by atoms with Crippen LogP contribution in [-0.2, 0) is 27.6 Å². The highest BCUT2D eigenvalue weighted by molar-refractivity contribution is 9.10. The lowest BCUT2D eigenvalue weighted by Gasteiger charge is -2.35. The Morgan fingerprint density at radius 2 is 1.26 bits per heavy atom. The minimum atomic E-state index is -0.286. The van der Waals surface area contributed by atoms with Gasteiger partial charge in [-0.25, -0.2) is 13.8 Å². The molecule has 4 aliphatic heterocycles. The van der Waals surface area contributed by atoms with Crippen molar-refractivity contribution in [3.63, 3.8) is 0 Å². The van der Waals surface area contributed by atoms with Gasteiger partial charge in [0.1, 0.15) is 28.0 Å². The number of piperidine rings is 2. The maximum absolute atomic E-state index is 13.0. The summed E-state index contributed by atoms with van der Waals surface area (Å²) < 4.78 is 25.6. The van der Waals surface area contributed by atoms with Crippen LogP contribution in [0.1, 0.15) is 60.0 Å². The molecule has 0 aliphatic carbocycles. The minimum Gasteiger partial charge on any atom is -0.506 e. The third-order valence-electron chi connectivity index (χ3n) is 10.0. The van der Waals surface area contributed by atoms with Crippen molar-refractivity contribution < 1.29 is 33.5 Å². The number of likely N-dealkylation sites (tertiary alicyclic amines) is 1. The zero-order chi connectivity index (χ0) is 37.9. The minimum absolute atomic E-state index is 0.0978. The van der Waals surface area contributed by atoms with E-state index < -0.39 is 0 Å². The molecule has 1 amide bonds. The summed E-state index contributed by atoms with van der Waals surface area (Å²) in [5.74, 6) is 0.907. The molecular formula is C40H47BrF2N6O5. The van der Waals surface area contributed by atoms with Crippen molar-refractivity contribution in [1.29, 1.82) is 0 Å². The summed E-state index contributed by atoms with van der Waals surface area (Å²) in [4.78, 5) is 33.3. The number of hydroxylamine groups is 4. The molecule has 0 radical (unpaired) electrons. The lowest BCUT2D eigenvalue weighted by molar-refractivity contribution is -0.164. The van der Waals surface area contributed by atoms with E-state index in [1.54, 1.807) is 24.3 Å². The monoisotopic (exact) mass is 808 g/mol.